The zero-order valence-electron chi connectivity index (χ0n) is 17.0. The summed E-state index contributed by atoms with van der Waals surface area (Å²) in [6.07, 6.45) is 6.48. The molecule has 162 valence electrons. The minimum Gasteiger partial charge on any atom is -0.460 e. The van der Waals surface area contributed by atoms with Gasteiger partial charge in [-0.1, -0.05) is 23.7 Å². The van der Waals surface area contributed by atoms with E-state index in [4.69, 9.17) is 16.3 Å². The molecule has 0 atom stereocenters. The summed E-state index contributed by atoms with van der Waals surface area (Å²) in [6, 6.07) is 6.95. The molecular formula is C21H26ClN3O4S. The second-order valence-corrected chi connectivity index (χ2v) is 10.7. The molecule has 2 aromatic rings. The van der Waals surface area contributed by atoms with Gasteiger partial charge in [0.05, 0.1) is 34.0 Å². The predicted octanol–water partition coefficient (Wildman–Crippen LogP) is 3.36. The van der Waals surface area contributed by atoms with E-state index in [9.17, 15) is 13.2 Å². The molecule has 9 heteroatoms. The lowest BCUT2D eigenvalue weighted by atomic mass is 9.93. The summed E-state index contributed by atoms with van der Waals surface area (Å²) in [5.41, 5.74) is 0.784. The van der Waals surface area contributed by atoms with E-state index in [1.165, 1.54) is 12.4 Å². The molecule has 1 heterocycles. The van der Waals surface area contributed by atoms with Crippen molar-refractivity contribution in [1.29, 1.82) is 0 Å². The van der Waals surface area contributed by atoms with E-state index >= 15 is 0 Å². The summed E-state index contributed by atoms with van der Waals surface area (Å²) in [5.74, 6) is -0.0696. The molecule has 0 bridgehead atoms. The Morgan fingerprint density at radius 3 is 2.30 bits per heavy atom. The number of ether oxygens (including phenoxy) is 1. The quantitative estimate of drug-likeness (QED) is 0.693. The van der Waals surface area contributed by atoms with Gasteiger partial charge in [-0.3, -0.25) is 4.79 Å². The molecule has 1 aromatic carbocycles. The lowest BCUT2D eigenvalue weighted by Crippen LogP contribution is -2.40. The van der Waals surface area contributed by atoms with Crippen molar-refractivity contribution in [2.45, 2.75) is 68.2 Å². The van der Waals surface area contributed by atoms with Crippen molar-refractivity contribution in [2.75, 3.05) is 0 Å². The number of nitrogens with one attached hydrogen (secondary N) is 1. The number of hydrogen-bond donors (Lipinski definition) is 1. The monoisotopic (exact) mass is 451 g/mol. The number of benzene rings is 1. The smallest absolute Gasteiger partial charge is 0.316 e. The second-order valence-electron chi connectivity index (χ2n) is 7.76. The molecule has 1 N–H and O–H groups in total. The van der Waals surface area contributed by atoms with E-state index in [0.717, 1.165) is 31.2 Å². The van der Waals surface area contributed by atoms with Crippen LogP contribution in [0.2, 0.25) is 5.02 Å². The fraction of sp³-hybridized carbons (Fsp3) is 0.476. The van der Waals surface area contributed by atoms with Crippen molar-refractivity contribution in [1.82, 2.24) is 15.3 Å². The van der Waals surface area contributed by atoms with Crippen LogP contribution in [0.5, 0.6) is 6.01 Å². The Labute approximate surface area is 182 Å². The molecule has 1 fully saturated rings. The molecule has 1 saturated carbocycles. The van der Waals surface area contributed by atoms with Crippen LogP contribution in [0.3, 0.4) is 0 Å². The van der Waals surface area contributed by atoms with E-state index < -0.39 is 15.1 Å². The second kappa shape index (κ2) is 9.75. The molecule has 0 aliphatic heterocycles. The number of sulfone groups is 1. The molecule has 30 heavy (non-hydrogen) atoms. The maximum Gasteiger partial charge on any atom is 0.316 e. The molecule has 3 rings (SSSR count). The Hall–Kier alpha value is -2.19. The van der Waals surface area contributed by atoms with E-state index in [2.05, 4.69) is 15.3 Å². The van der Waals surface area contributed by atoms with Crippen molar-refractivity contribution in [3.63, 3.8) is 0 Å². The lowest BCUT2D eigenvalue weighted by Gasteiger charge is -2.28. The van der Waals surface area contributed by atoms with Gasteiger partial charge < -0.3 is 10.1 Å². The maximum absolute atomic E-state index is 12.4. The Bertz CT molecular complexity index is 955. The Balaban J connectivity index is 1.45. The van der Waals surface area contributed by atoms with Gasteiger partial charge in [-0.2, -0.15) is 0 Å². The molecule has 1 aromatic heterocycles. The average Bonchev–Trinajstić information content (AvgIpc) is 2.71. The van der Waals surface area contributed by atoms with Crippen LogP contribution in [-0.4, -0.2) is 41.7 Å². The normalized spacial score (nSPS) is 19.5. The zero-order valence-corrected chi connectivity index (χ0v) is 18.6. The van der Waals surface area contributed by atoms with Gasteiger partial charge in [-0.15, -0.1) is 0 Å². The summed E-state index contributed by atoms with van der Waals surface area (Å²) in [4.78, 5) is 20.8. The number of rotatable bonds is 7. The third kappa shape index (κ3) is 5.92. The van der Waals surface area contributed by atoms with Crippen LogP contribution in [0.25, 0.3) is 0 Å². The van der Waals surface area contributed by atoms with E-state index in [0.29, 0.717) is 11.0 Å². The Morgan fingerprint density at radius 2 is 1.73 bits per heavy atom. The maximum atomic E-state index is 12.4. The van der Waals surface area contributed by atoms with Crippen LogP contribution in [0.15, 0.2) is 41.6 Å². The van der Waals surface area contributed by atoms with Crippen LogP contribution in [-0.2, 0) is 21.1 Å². The van der Waals surface area contributed by atoms with Crippen molar-refractivity contribution < 1.29 is 17.9 Å². The summed E-state index contributed by atoms with van der Waals surface area (Å²) >= 11 is 5.77. The highest BCUT2D eigenvalue weighted by atomic mass is 35.5. The SMILES string of the molecule is CC(C)S(=O)(=O)c1ccc(CC(=O)NC2CCC(Oc3ncc(Cl)cn3)CC2)cc1. The van der Waals surface area contributed by atoms with Gasteiger partial charge in [0.15, 0.2) is 9.84 Å². The Morgan fingerprint density at radius 1 is 1.13 bits per heavy atom. The number of hydrogen-bond acceptors (Lipinski definition) is 6. The summed E-state index contributed by atoms with van der Waals surface area (Å²) < 4.78 is 30.1. The van der Waals surface area contributed by atoms with Crippen molar-refractivity contribution >= 4 is 27.3 Å². The first-order valence-corrected chi connectivity index (χ1v) is 11.9. The fourth-order valence-corrected chi connectivity index (χ4v) is 4.53. The van der Waals surface area contributed by atoms with Crippen LogP contribution in [0, 0.1) is 0 Å². The standard InChI is InChI=1S/C21H26ClN3O4S/c1-14(2)30(27,28)19-9-3-15(4-10-19)11-20(26)25-17-5-7-18(8-6-17)29-21-23-12-16(22)13-24-21/h3-4,9-10,12-14,17-18H,5-8,11H2,1-2H3,(H,25,26). The third-order valence-electron chi connectivity index (χ3n) is 5.15. The number of nitrogens with zero attached hydrogens (tertiary/aromatic N) is 2. The summed E-state index contributed by atoms with van der Waals surface area (Å²) in [5, 5.41) is 3.05. The highest BCUT2D eigenvalue weighted by Crippen LogP contribution is 2.23. The highest BCUT2D eigenvalue weighted by molar-refractivity contribution is 7.92. The number of carbonyl (C=O) groups is 1. The van der Waals surface area contributed by atoms with E-state index in [1.54, 1.807) is 38.1 Å². The molecule has 0 radical (unpaired) electrons. The van der Waals surface area contributed by atoms with Crippen molar-refractivity contribution in [3.8, 4) is 6.01 Å². The van der Waals surface area contributed by atoms with Gasteiger partial charge in [0.1, 0.15) is 6.10 Å². The first kappa shape index (κ1) is 22.5. The first-order chi connectivity index (χ1) is 14.2. The largest absolute Gasteiger partial charge is 0.460 e. The first-order valence-electron chi connectivity index (χ1n) is 10.0. The lowest BCUT2D eigenvalue weighted by molar-refractivity contribution is -0.121. The fourth-order valence-electron chi connectivity index (χ4n) is 3.37. The number of halogens is 1. The van der Waals surface area contributed by atoms with Gasteiger partial charge in [0, 0.05) is 6.04 Å². The third-order valence-corrected chi connectivity index (χ3v) is 7.51. The minimum atomic E-state index is -3.30. The van der Waals surface area contributed by atoms with E-state index in [-0.39, 0.29) is 29.4 Å². The van der Waals surface area contributed by atoms with Gasteiger partial charge in [0.25, 0.3) is 0 Å². The molecular weight excluding hydrogens is 426 g/mol. The van der Waals surface area contributed by atoms with Crippen LogP contribution >= 0.6 is 11.6 Å². The summed E-state index contributed by atoms with van der Waals surface area (Å²) in [7, 11) is -3.30. The molecule has 1 aliphatic rings. The van der Waals surface area contributed by atoms with Crippen LogP contribution < -0.4 is 10.1 Å². The molecule has 0 saturated heterocycles. The number of amides is 1. The predicted molar refractivity (Wildman–Crippen MR) is 114 cm³/mol. The highest BCUT2D eigenvalue weighted by Gasteiger charge is 2.24. The minimum absolute atomic E-state index is 0.0229. The molecule has 1 aliphatic carbocycles. The topological polar surface area (TPSA) is 98.2 Å². The van der Waals surface area contributed by atoms with Gasteiger partial charge in [0.2, 0.25) is 5.91 Å². The Kier molecular flexibility index (Phi) is 7.31. The van der Waals surface area contributed by atoms with Crippen LogP contribution in [0.4, 0.5) is 0 Å². The summed E-state index contributed by atoms with van der Waals surface area (Å²) in [6.45, 7) is 3.30. The van der Waals surface area contributed by atoms with Gasteiger partial charge >= 0.3 is 6.01 Å². The van der Waals surface area contributed by atoms with Crippen molar-refractivity contribution in [2.24, 2.45) is 0 Å². The van der Waals surface area contributed by atoms with E-state index in [1.807, 2.05) is 0 Å². The molecule has 0 unspecified atom stereocenters. The average molecular weight is 452 g/mol. The van der Waals surface area contributed by atoms with Gasteiger partial charge in [-0.25, -0.2) is 18.4 Å². The molecule has 1 amide bonds. The van der Waals surface area contributed by atoms with Gasteiger partial charge in [-0.05, 0) is 57.2 Å². The molecule has 7 nitrogen and oxygen atoms in total. The van der Waals surface area contributed by atoms with Crippen molar-refractivity contribution in [3.05, 3.63) is 47.2 Å². The zero-order chi connectivity index (χ0) is 21.7. The molecule has 0 spiro atoms. The number of carbonyl (C=O) groups excluding carboxylic acids is 1. The van der Waals surface area contributed by atoms with Crippen LogP contribution in [0.1, 0.15) is 45.1 Å². The number of aromatic nitrogens is 2.